The Kier molecular flexibility index (Phi) is 5.71. The molecule has 2 rings (SSSR count). The first kappa shape index (κ1) is 15.5. The number of aromatic nitrogens is 1. The number of hydrogen-bond acceptors (Lipinski definition) is 5. The second-order valence-electron chi connectivity index (χ2n) is 4.52. The number of nitrogens with zero attached hydrogens (tertiary/aromatic N) is 1. The third kappa shape index (κ3) is 4.54. The quantitative estimate of drug-likeness (QED) is 0.815. The molecule has 2 aromatic rings. The Hall–Kier alpha value is -1.92. The van der Waals surface area contributed by atoms with Gasteiger partial charge in [-0.05, 0) is 30.7 Å². The molecule has 112 valence electrons. The van der Waals surface area contributed by atoms with Crippen molar-refractivity contribution in [1.29, 1.82) is 0 Å². The Bertz CT molecular complexity index is 581. The number of nitrogens with one attached hydrogen (secondary N) is 1. The van der Waals surface area contributed by atoms with Gasteiger partial charge in [0, 0.05) is 18.3 Å². The fraction of sp³-hybridized carbons (Fsp3) is 0.333. The molecule has 0 atom stereocenters. The third-order valence-electron chi connectivity index (χ3n) is 3.00. The van der Waals surface area contributed by atoms with Gasteiger partial charge in [-0.25, -0.2) is 4.98 Å². The van der Waals surface area contributed by atoms with Gasteiger partial charge >= 0.3 is 0 Å². The number of amides is 1. The van der Waals surface area contributed by atoms with Gasteiger partial charge in [0.25, 0.3) is 5.91 Å². The van der Waals surface area contributed by atoms with Crippen LogP contribution in [0.5, 0.6) is 5.75 Å². The molecule has 0 saturated carbocycles. The van der Waals surface area contributed by atoms with Crippen LogP contribution in [-0.2, 0) is 12.8 Å². The van der Waals surface area contributed by atoms with Gasteiger partial charge in [0.05, 0.1) is 12.1 Å². The highest BCUT2D eigenvalue weighted by Gasteiger charge is 2.09. The maximum absolute atomic E-state index is 11.9. The lowest BCUT2D eigenvalue weighted by Crippen LogP contribution is -2.26. The summed E-state index contributed by atoms with van der Waals surface area (Å²) in [5, 5.41) is 5.55. The molecular formula is C15H19N3O2S. The fourth-order valence-electron chi connectivity index (χ4n) is 1.86. The van der Waals surface area contributed by atoms with Crippen LogP contribution in [0.25, 0.3) is 0 Å². The van der Waals surface area contributed by atoms with Crippen LogP contribution in [-0.4, -0.2) is 31.1 Å². The molecule has 3 N–H and O–H groups in total. The average molecular weight is 305 g/mol. The van der Waals surface area contributed by atoms with Gasteiger partial charge < -0.3 is 15.8 Å². The molecule has 0 aliphatic rings. The van der Waals surface area contributed by atoms with E-state index in [-0.39, 0.29) is 5.91 Å². The van der Waals surface area contributed by atoms with Crippen molar-refractivity contribution in [2.24, 2.45) is 5.73 Å². The lowest BCUT2D eigenvalue weighted by atomic mass is 10.1. The summed E-state index contributed by atoms with van der Waals surface area (Å²) in [5.74, 6) is 0.695. The molecule has 1 aromatic heterocycles. The van der Waals surface area contributed by atoms with E-state index in [1.807, 2.05) is 24.3 Å². The SMILES string of the molecule is COc1ccc(CCNC(=O)c2csc(CCN)n2)cc1. The second-order valence-corrected chi connectivity index (χ2v) is 5.46. The number of nitrogens with two attached hydrogens (primary N) is 1. The standard InChI is InChI=1S/C15H19N3O2S/c1-20-12-4-2-11(3-5-12)7-9-17-15(19)13-10-21-14(18-13)6-8-16/h2-5,10H,6-9,16H2,1H3,(H,17,19). The first-order chi connectivity index (χ1) is 10.2. The van der Waals surface area contributed by atoms with Gasteiger partial charge in [-0.2, -0.15) is 0 Å². The van der Waals surface area contributed by atoms with E-state index in [4.69, 9.17) is 10.5 Å². The molecule has 6 heteroatoms. The van der Waals surface area contributed by atoms with E-state index in [0.29, 0.717) is 25.2 Å². The van der Waals surface area contributed by atoms with Crippen LogP contribution >= 0.6 is 11.3 Å². The van der Waals surface area contributed by atoms with E-state index in [0.717, 1.165) is 22.7 Å². The van der Waals surface area contributed by atoms with Gasteiger partial charge in [0.1, 0.15) is 11.4 Å². The van der Waals surface area contributed by atoms with Gasteiger partial charge in [-0.1, -0.05) is 12.1 Å². The molecule has 0 unspecified atom stereocenters. The minimum absolute atomic E-state index is 0.136. The smallest absolute Gasteiger partial charge is 0.270 e. The highest BCUT2D eigenvalue weighted by atomic mass is 32.1. The minimum atomic E-state index is -0.136. The number of benzene rings is 1. The number of ether oxygens (including phenoxy) is 1. The molecule has 0 radical (unpaired) electrons. The van der Waals surface area contributed by atoms with Crippen LogP contribution < -0.4 is 15.8 Å². The summed E-state index contributed by atoms with van der Waals surface area (Å²) >= 11 is 1.47. The zero-order valence-electron chi connectivity index (χ0n) is 12.0. The number of hydrogen-bond donors (Lipinski definition) is 2. The van der Waals surface area contributed by atoms with Crippen LogP contribution in [0, 0.1) is 0 Å². The normalized spacial score (nSPS) is 10.4. The number of rotatable bonds is 7. The third-order valence-corrected chi connectivity index (χ3v) is 3.91. The number of carbonyl (C=O) groups is 1. The molecule has 0 fully saturated rings. The van der Waals surface area contributed by atoms with Crippen molar-refractivity contribution >= 4 is 17.2 Å². The maximum Gasteiger partial charge on any atom is 0.270 e. The van der Waals surface area contributed by atoms with E-state index < -0.39 is 0 Å². The second kappa shape index (κ2) is 7.75. The molecule has 1 amide bonds. The lowest BCUT2D eigenvalue weighted by Gasteiger charge is -2.05. The zero-order valence-corrected chi connectivity index (χ0v) is 12.8. The van der Waals surface area contributed by atoms with Gasteiger partial charge in [-0.3, -0.25) is 4.79 Å². The molecular weight excluding hydrogens is 286 g/mol. The molecule has 0 bridgehead atoms. The Labute approximate surface area is 128 Å². The zero-order chi connectivity index (χ0) is 15.1. The first-order valence-electron chi connectivity index (χ1n) is 6.78. The lowest BCUT2D eigenvalue weighted by molar-refractivity contribution is 0.0949. The van der Waals surface area contributed by atoms with E-state index in [1.165, 1.54) is 11.3 Å². The monoisotopic (exact) mass is 305 g/mol. The summed E-state index contributed by atoms with van der Waals surface area (Å²) in [6.07, 6.45) is 1.49. The maximum atomic E-state index is 11.9. The van der Waals surface area contributed by atoms with Crippen molar-refractivity contribution in [2.75, 3.05) is 20.2 Å². The van der Waals surface area contributed by atoms with Gasteiger partial charge in [0.15, 0.2) is 0 Å². The molecule has 1 aromatic carbocycles. The summed E-state index contributed by atoms with van der Waals surface area (Å²) in [6.45, 7) is 1.13. The van der Waals surface area contributed by atoms with E-state index >= 15 is 0 Å². The fourth-order valence-corrected chi connectivity index (χ4v) is 2.65. The van der Waals surface area contributed by atoms with Crippen LogP contribution in [0.3, 0.4) is 0 Å². The summed E-state index contributed by atoms with van der Waals surface area (Å²) in [4.78, 5) is 16.2. The number of thiazole rings is 1. The van der Waals surface area contributed by atoms with Crippen molar-refractivity contribution in [3.8, 4) is 5.75 Å². The highest BCUT2D eigenvalue weighted by molar-refractivity contribution is 7.09. The Morgan fingerprint density at radius 1 is 1.33 bits per heavy atom. The molecule has 0 saturated heterocycles. The Morgan fingerprint density at radius 3 is 2.76 bits per heavy atom. The van der Waals surface area contributed by atoms with Crippen LogP contribution in [0.1, 0.15) is 21.1 Å². The van der Waals surface area contributed by atoms with Gasteiger partial charge in [0.2, 0.25) is 0 Å². The number of carbonyl (C=O) groups excluding carboxylic acids is 1. The van der Waals surface area contributed by atoms with Crippen molar-refractivity contribution < 1.29 is 9.53 Å². The van der Waals surface area contributed by atoms with E-state index in [1.54, 1.807) is 12.5 Å². The molecule has 1 heterocycles. The van der Waals surface area contributed by atoms with Crippen molar-refractivity contribution in [3.05, 3.63) is 45.9 Å². The van der Waals surface area contributed by atoms with Crippen LogP contribution in [0.4, 0.5) is 0 Å². The molecule has 0 aliphatic carbocycles. The van der Waals surface area contributed by atoms with Crippen molar-refractivity contribution in [3.63, 3.8) is 0 Å². The Morgan fingerprint density at radius 2 is 2.10 bits per heavy atom. The summed E-state index contributed by atoms with van der Waals surface area (Å²) < 4.78 is 5.11. The molecule has 21 heavy (non-hydrogen) atoms. The Balaban J connectivity index is 1.80. The molecule has 0 spiro atoms. The number of methoxy groups -OCH3 is 1. The topological polar surface area (TPSA) is 77.2 Å². The summed E-state index contributed by atoms with van der Waals surface area (Å²) in [6, 6.07) is 7.81. The van der Waals surface area contributed by atoms with E-state index in [9.17, 15) is 4.79 Å². The first-order valence-corrected chi connectivity index (χ1v) is 7.66. The largest absolute Gasteiger partial charge is 0.497 e. The average Bonchev–Trinajstić information content (AvgIpc) is 2.97. The van der Waals surface area contributed by atoms with Crippen LogP contribution in [0.15, 0.2) is 29.6 Å². The van der Waals surface area contributed by atoms with Crippen molar-refractivity contribution in [1.82, 2.24) is 10.3 Å². The van der Waals surface area contributed by atoms with E-state index in [2.05, 4.69) is 10.3 Å². The van der Waals surface area contributed by atoms with Crippen LogP contribution in [0.2, 0.25) is 0 Å². The highest BCUT2D eigenvalue weighted by Crippen LogP contribution is 2.12. The van der Waals surface area contributed by atoms with Gasteiger partial charge in [-0.15, -0.1) is 11.3 Å². The summed E-state index contributed by atoms with van der Waals surface area (Å²) in [5.41, 5.74) is 7.09. The molecule has 0 aliphatic heterocycles. The predicted molar refractivity (Wildman–Crippen MR) is 83.9 cm³/mol. The molecule has 5 nitrogen and oxygen atoms in total. The predicted octanol–water partition coefficient (Wildman–Crippen LogP) is 1.63. The summed E-state index contributed by atoms with van der Waals surface area (Å²) in [7, 11) is 1.64. The van der Waals surface area contributed by atoms with Crippen molar-refractivity contribution in [2.45, 2.75) is 12.8 Å². The minimum Gasteiger partial charge on any atom is -0.497 e.